The van der Waals surface area contributed by atoms with Crippen molar-refractivity contribution >= 4 is 45.4 Å². The van der Waals surface area contributed by atoms with E-state index in [0.717, 1.165) is 39.2 Å². The van der Waals surface area contributed by atoms with Gasteiger partial charge in [0.15, 0.2) is 0 Å². The summed E-state index contributed by atoms with van der Waals surface area (Å²) < 4.78 is 2.01. The number of primary amides is 1. The quantitative estimate of drug-likeness (QED) is 0.104. The number of para-hydroxylation sites is 1. The van der Waals surface area contributed by atoms with Gasteiger partial charge in [-0.25, -0.2) is 0 Å². The van der Waals surface area contributed by atoms with Crippen LogP contribution in [0.5, 0.6) is 0 Å². The van der Waals surface area contributed by atoms with Crippen molar-refractivity contribution in [3.63, 3.8) is 0 Å². The van der Waals surface area contributed by atoms with Crippen LogP contribution in [0.1, 0.15) is 73.0 Å². The van der Waals surface area contributed by atoms with Crippen LogP contribution in [0, 0.1) is 0 Å². The minimum Gasteiger partial charge on any atom is -0.481 e. The van der Waals surface area contributed by atoms with E-state index in [9.17, 15) is 24.3 Å². The summed E-state index contributed by atoms with van der Waals surface area (Å²) in [5, 5.41) is 15.3. The summed E-state index contributed by atoms with van der Waals surface area (Å²) in [6.07, 6.45) is 3.85. The second-order valence-corrected chi connectivity index (χ2v) is 12.9. The van der Waals surface area contributed by atoms with Gasteiger partial charge < -0.3 is 25.6 Å². The first-order valence-electron chi connectivity index (χ1n) is 17.4. The first kappa shape index (κ1) is 35.9. The Labute approximate surface area is 293 Å². The van der Waals surface area contributed by atoms with Crippen LogP contribution >= 0.6 is 0 Å². The number of amides is 3. The predicted molar refractivity (Wildman–Crippen MR) is 197 cm³/mol. The lowest BCUT2D eigenvalue weighted by atomic mass is 9.96. The van der Waals surface area contributed by atoms with Crippen molar-refractivity contribution in [1.29, 1.82) is 0 Å². The van der Waals surface area contributed by atoms with Crippen molar-refractivity contribution in [2.75, 3.05) is 6.54 Å². The molecule has 2 atom stereocenters. The number of carboxylic acid groups (broad SMARTS) is 1. The Balaban J connectivity index is 1.44. The fourth-order valence-electron chi connectivity index (χ4n) is 6.69. The molecule has 4 N–H and O–H groups in total. The molecule has 4 aromatic carbocycles. The highest BCUT2D eigenvalue weighted by atomic mass is 16.4. The molecular weight excluding hydrogens is 628 g/mol. The Bertz CT molecular complexity index is 1970. The molecule has 9 heteroatoms. The van der Waals surface area contributed by atoms with E-state index in [1.807, 2.05) is 72.2 Å². The molecule has 0 aliphatic heterocycles. The number of carbonyl (C=O) groups excluding carboxylic acids is 3. The fourth-order valence-corrected chi connectivity index (χ4v) is 6.69. The molecule has 0 fully saturated rings. The van der Waals surface area contributed by atoms with Crippen LogP contribution in [-0.2, 0) is 33.8 Å². The summed E-state index contributed by atoms with van der Waals surface area (Å²) in [6, 6.07) is 28.5. The van der Waals surface area contributed by atoms with Gasteiger partial charge in [-0.1, -0.05) is 98.8 Å². The number of benzene rings is 4. The van der Waals surface area contributed by atoms with Crippen LogP contribution in [-0.4, -0.2) is 56.9 Å². The second kappa shape index (κ2) is 16.8. The van der Waals surface area contributed by atoms with Crippen LogP contribution in [0.2, 0.25) is 0 Å². The zero-order chi connectivity index (χ0) is 35.6. The van der Waals surface area contributed by atoms with Crippen LogP contribution in [0.15, 0.2) is 97.2 Å². The van der Waals surface area contributed by atoms with Crippen LogP contribution in [0.25, 0.3) is 21.7 Å². The number of nitrogens with zero attached hydrogens (tertiary/aromatic N) is 2. The molecule has 5 rings (SSSR count). The van der Waals surface area contributed by atoms with Crippen molar-refractivity contribution in [3.05, 3.63) is 119 Å². The number of aromatic nitrogens is 1. The monoisotopic (exact) mass is 674 g/mol. The molecule has 0 spiro atoms. The van der Waals surface area contributed by atoms with Crippen molar-refractivity contribution < 1.29 is 24.3 Å². The Morgan fingerprint density at radius 2 is 1.54 bits per heavy atom. The van der Waals surface area contributed by atoms with E-state index in [1.165, 1.54) is 5.56 Å². The van der Waals surface area contributed by atoms with Crippen molar-refractivity contribution in [1.82, 2.24) is 14.8 Å². The fraction of sp³-hybridized carbons (Fsp3) is 0.317. The van der Waals surface area contributed by atoms with Gasteiger partial charge in [0.1, 0.15) is 6.04 Å². The average Bonchev–Trinajstić information content (AvgIpc) is 3.47. The number of carbonyl (C=O) groups is 4. The molecule has 260 valence electrons. The Hall–Kier alpha value is -5.44. The maximum Gasteiger partial charge on any atom is 0.303 e. The average molecular weight is 675 g/mol. The van der Waals surface area contributed by atoms with E-state index in [-0.39, 0.29) is 31.6 Å². The highest BCUT2D eigenvalue weighted by Crippen LogP contribution is 2.25. The van der Waals surface area contributed by atoms with E-state index in [0.29, 0.717) is 31.5 Å². The van der Waals surface area contributed by atoms with Gasteiger partial charge in [0.05, 0.1) is 5.56 Å². The second-order valence-electron chi connectivity index (χ2n) is 12.9. The third-order valence-electron chi connectivity index (χ3n) is 9.19. The summed E-state index contributed by atoms with van der Waals surface area (Å²) in [6.45, 7) is 4.96. The molecule has 1 heterocycles. The van der Waals surface area contributed by atoms with Crippen molar-refractivity contribution in [3.8, 4) is 0 Å². The zero-order valence-electron chi connectivity index (χ0n) is 28.8. The predicted octanol–water partition coefficient (Wildman–Crippen LogP) is 6.48. The van der Waals surface area contributed by atoms with Crippen molar-refractivity contribution in [2.24, 2.45) is 5.73 Å². The summed E-state index contributed by atoms with van der Waals surface area (Å²) in [4.78, 5) is 54.0. The standard InChI is InChI=1S/C41H46N4O5/c1-3-21-45(33(25-38(42)46)24-30-18-20-31-22-28(4-2)17-19-32(31)23-30)41(50)36(14-10-16-39(47)48)43-40(49)35-27-44(26-29-11-6-5-7-12-29)37-15-9-8-13-34(35)37/h5-9,11-13,15,17-20,22-23,27,33,36H,3-4,10,14,16,21,24-26H2,1-2H3,(H2,42,46)(H,43,49)(H,47,48)/t33-,36-/m0/s1. The molecule has 5 aromatic rings. The van der Waals surface area contributed by atoms with Gasteiger partial charge in [-0.15, -0.1) is 0 Å². The van der Waals surface area contributed by atoms with E-state index in [4.69, 9.17) is 5.73 Å². The molecule has 50 heavy (non-hydrogen) atoms. The Morgan fingerprint density at radius 3 is 2.22 bits per heavy atom. The minimum absolute atomic E-state index is 0.0542. The van der Waals surface area contributed by atoms with E-state index in [1.54, 1.807) is 11.1 Å². The minimum atomic E-state index is -1.01. The molecule has 9 nitrogen and oxygen atoms in total. The third kappa shape index (κ3) is 8.96. The van der Waals surface area contributed by atoms with Crippen LogP contribution in [0.4, 0.5) is 0 Å². The highest BCUT2D eigenvalue weighted by molar-refractivity contribution is 6.08. The molecular formula is C41H46N4O5. The van der Waals surface area contributed by atoms with Gasteiger partial charge >= 0.3 is 5.97 Å². The number of rotatable bonds is 17. The van der Waals surface area contributed by atoms with E-state index < -0.39 is 29.9 Å². The zero-order valence-corrected chi connectivity index (χ0v) is 28.8. The normalized spacial score (nSPS) is 12.4. The number of hydrogen-bond acceptors (Lipinski definition) is 4. The smallest absolute Gasteiger partial charge is 0.303 e. The third-order valence-corrected chi connectivity index (χ3v) is 9.19. The molecule has 0 unspecified atom stereocenters. The Kier molecular flexibility index (Phi) is 12.0. The number of aliphatic carboxylic acids is 1. The molecule has 0 radical (unpaired) electrons. The van der Waals surface area contributed by atoms with Crippen LogP contribution in [0.3, 0.4) is 0 Å². The van der Waals surface area contributed by atoms with Gasteiger partial charge in [-0.3, -0.25) is 19.2 Å². The van der Waals surface area contributed by atoms with Gasteiger partial charge in [-0.05, 0) is 65.6 Å². The maximum atomic E-state index is 14.5. The molecule has 3 amide bonds. The molecule has 0 aliphatic rings. The van der Waals surface area contributed by atoms with Crippen molar-refractivity contribution in [2.45, 2.75) is 77.4 Å². The van der Waals surface area contributed by atoms with Gasteiger partial charge in [0.25, 0.3) is 5.91 Å². The molecule has 0 aliphatic carbocycles. The number of aryl methyl sites for hydroxylation is 1. The first-order chi connectivity index (χ1) is 24.2. The summed E-state index contributed by atoms with van der Waals surface area (Å²) in [5.41, 5.74) is 10.3. The lowest BCUT2D eigenvalue weighted by Crippen LogP contribution is -2.53. The maximum absolute atomic E-state index is 14.5. The van der Waals surface area contributed by atoms with Gasteiger partial charge in [0.2, 0.25) is 11.8 Å². The summed E-state index contributed by atoms with van der Waals surface area (Å²) in [5.74, 6) is -2.30. The number of nitrogens with two attached hydrogens (primary N) is 1. The van der Waals surface area contributed by atoms with Crippen LogP contribution < -0.4 is 11.1 Å². The molecule has 0 bridgehead atoms. The number of hydrogen-bond donors (Lipinski definition) is 3. The largest absolute Gasteiger partial charge is 0.481 e. The van der Waals surface area contributed by atoms with E-state index >= 15 is 0 Å². The topological polar surface area (TPSA) is 135 Å². The number of nitrogens with one attached hydrogen (secondary N) is 1. The van der Waals surface area contributed by atoms with E-state index in [2.05, 4.69) is 42.6 Å². The SMILES string of the molecule is CCCN(C(=O)[C@H](CCCC(=O)O)NC(=O)c1cn(Cc2ccccc2)c2ccccc12)[C@H](CC(N)=O)Cc1ccc2cc(CC)ccc2c1. The number of fused-ring (bicyclic) bond motifs is 2. The lowest BCUT2D eigenvalue weighted by molar-refractivity contribution is -0.139. The molecule has 0 saturated carbocycles. The molecule has 1 aromatic heterocycles. The Morgan fingerprint density at radius 1 is 0.860 bits per heavy atom. The first-order valence-corrected chi connectivity index (χ1v) is 17.4. The summed E-state index contributed by atoms with van der Waals surface area (Å²) in [7, 11) is 0. The molecule has 0 saturated heterocycles. The number of carboxylic acids is 1. The highest BCUT2D eigenvalue weighted by Gasteiger charge is 2.32. The van der Waals surface area contributed by atoms with Gasteiger partial charge in [-0.2, -0.15) is 0 Å². The summed E-state index contributed by atoms with van der Waals surface area (Å²) >= 11 is 0. The van der Waals surface area contributed by atoms with Gasteiger partial charge in [0, 0.05) is 49.1 Å². The lowest BCUT2D eigenvalue weighted by Gasteiger charge is -2.34.